The van der Waals surface area contributed by atoms with Crippen LogP contribution in [0.5, 0.6) is 0 Å². The molecule has 0 amide bonds. The van der Waals surface area contributed by atoms with E-state index in [2.05, 4.69) is 61.4 Å². The molecule has 0 aliphatic carbocycles. The summed E-state index contributed by atoms with van der Waals surface area (Å²) in [5.74, 6) is 0. The largest absolute Gasteiger partial charge is 0.375 e. The Kier molecular flexibility index (Phi) is 6.18. The average Bonchev–Trinajstić information content (AvgIpc) is 2.52. The lowest BCUT2D eigenvalue weighted by atomic mass is 10.1. The Labute approximate surface area is 135 Å². The Hall–Kier alpha value is -1.16. The average molecular weight is 302 g/mol. The van der Waals surface area contributed by atoms with Gasteiger partial charge in [0.2, 0.25) is 0 Å². The fourth-order valence-electron chi connectivity index (χ4n) is 2.78. The number of benzene rings is 1. The highest BCUT2D eigenvalue weighted by atomic mass is 16.5. The van der Waals surface area contributed by atoms with Crippen molar-refractivity contribution in [1.29, 1.82) is 0 Å². The van der Waals surface area contributed by atoms with Gasteiger partial charge in [0, 0.05) is 38.3 Å². The SMILES string of the molecule is C=Cc1ccc(COCCN2CCN(C(C)(C)C)CC2)cc1. The predicted octanol–water partition coefficient (Wildman–Crippen LogP) is 3.26. The molecule has 1 saturated heterocycles. The second kappa shape index (κ2) is 7.91. The maximum absolute atomic E-state index is 5.81. The van der Waals surface area contributed by atoms with Crippen molar-refractivity contribution in [1.82, 2.24) is 9.80 Å². The molecule has 1 aromatic carbocycles. The van der Waals surface area contributed by atoms with E-state index in [9.17, 15) is 0 Å². The van der Waals surface area contributed by atoms with Gasteiger partial charge in [-0.3, -0.25) is 9.80 Å². The standard InChI is InChI=1S/C19H30N2O/c1-5-17-6-8-18(9-7-17)16-22-15-14-20-10-12-21(13-11-20)19(2,3)4/h5-9H,1,10-16H2,2-4H3. The molecule has 22 heavy (non-hydrogen) atoms. The molecule has 3 nitrogen and oxygen atoms in total. The number of ether oxygens (including phenoxy) is 1. The molecule has 2 rings (SSSR count). The van der Waals surface area contributed by atoms with Gasteiger partial charge in [0.05, 0.1) is 13.2 Å². The molecule has 0 bridgehead atoms. The molecule has 1 fully saturated rings. The van der Waals surface area contributed by atoms with Gasteiger partial charge >= 0.3 is 0 Å². The Morgan fingerprint density at radius 1 is 1.09 bits per heavy atom. The van der Waals surface area contributed by atoms with Gasteiger partial charge in [-0.15, -0.1) is 0 Å². The van der Waals surface area contributed by atoms with E-state index in [4.69, 9.17) is 4.74 Å². The first-order valence-corrected chi connectivity index (χ1v) is 8.25. The van der Waals surface area contributed by atoms with E-state index in [1.54, 1.807) is 0 Å². The molecule has 1 aliphatic rings. The maximum Gasteiger partial charge on any atom is 0.0717 e. The molecule has 0 unspecified atom stereocenters. The number of piperazine rings is 1. The number of hydrogen-bond acceptors (Lipinski definition) is 3. The van der Waals surface area contributed by atoms with Crippen LogP contribution < -0.4 is 0 Å². The topological polar surface area (TPSA) is 15.7 Å². The Balaban J connectivity index is 1.62. The van der Waals surface area contributed by atoms with E-state index in [0.717, 1.165) is 44.9 Å². The smallest absolute Gasteiger partial charge is 0.0717 e. The van der Waals surface area contributed by atoms with Crippen molar-refractivity contribution in [3.05, 3.63) is 42.0 Å². The van der Waals surface area contributed by atoms with Crippen LogP contribution in [0, 0.1) is 0 Å². The quantitative estimate of drug-likeness (QED) is 0.750. The van der Waals surface area contributed by atoms with E-state index in [1.165, 1.54) is 5.56 Å². The molecule has 1 aromatic rings. The van der Waals surface area contributed by atoms with Crippen molar-refractivity contribution in [3.8, 4) is 0 Å². The molecule has 1 aliphatic heterocycles. The molecule has 0 radical (unpaired) electrons. The summed E-state index contributed by atoms with van der Waals surface area (Å²) in [4.78, 5) is 5.06. The highest BCUT2D eigenvalue weighted by Crippen LogP contribution is 2.15. The van der Waals surface area contributed by atoms with E-state index >= 15 is 0 Å². The molecular formula is C19H30N2O. The zero-order valence-electron chi connectivity index (χ0n) is 14.3. The summed E-state index contributed by atoms with van der Waals surface area (Å²) in [6.07, 6.45) is 1.86. The second-order valence-corrected chi connectivity index (χ2v) is 7.00. The van der Waals surface area contributed by atoms with Gasteiger partial charge in [0.15, 0.2) is 0 Å². The number of rotatable bonds is 6. The summed E-state index contributed by atoms with van der Waals surface area (Å²) in [6, 6.07) is 8.38. The summed E-state index contributed by atoms with van der Waals surface area (Å²) in [6.45, 7) is 17.8. The van der Waals surface area contributed by atoms with Gasteiger partial charge in [0.25, 0.3) is 0 Å². The molecule has 0 saturated carbocycles. The molecule has 0 atom stereocenters. The van der Waals surface area contributed by atoms with Gasteiger partial charge < -0.3 is 4.74 Å². The van der Waals surface area contributed by atoms with Crippen LogP contribution in [0.1, 0.15) is 31.9 Å². The van der Waals surface area contributed by atoms with E-state index < -0.39 is 0 Å². The van der Waals surface area contributed by atoms with Crippen LogP contribution in [0.4, 0.5) is 0 Å². The first kappa shape index (κ1) is 17.2. The summed E-state index contributed by atoms with van der Waals surface area (Å²) >= 11 is 0. The van der Waals surface area contributed by atoms with Crippen molar-refractivity contribution in [2.45, 2.75) is 32.9 Å². The van der Waals surface area contributed by atoms with Crippen molar-refractivity contribution < 1.29 is 4.74 Å². The predicted molar refractivity (Wildman–Crippen MR) is 94.0 cm³/mol. The van der Waals surface area contributed by atoms with Gasteiger partial charge in [-0.25, -0.2) is 0 Å². The van der Waals surface area contributed by atoms with Crippen LogP contribution in [0.25, 0.3) is 6.08 Å². The Bertz CT molecular complexity index is 453. The highest BCUT2D eigenvalue weighted by Gasteiger charge is 2.25. The number of hydrogen-bond donors (Lipinski definition) is 0. The Morgan fingerprint density at radius 3 is 2.27 bits per heavy atom. The van der Waals surface area contributed by atoms with Crippen LogP contribution in [0.2, 0.25) is 0 Å². The maximum atomic E-state index is 5.81. The molecule has 0 N–H and O–H groups in total. The summed E-state index contributed by atoms with van der Waals surface area (Å²) in [5, 5.41) is 0. The van der Waals surface area contributed by atoms with Gasteiger partial charge in [-0.2, -0.15) is 0 Å². The first-order valence-electron chi connectivity index (χ1n) is 8.25. The van der Waals surface area contributed by atoms with Crippen molar-refractivity contribution in [2.24, 2.45) is 0 Å². The minimum Gasteiger partial charge on any atom is -0.375 e. The fourth-order valence-corrected chi connectivity index (χ4v) is 2.78. The third-order valence-electron chi connectivity index (χ3n) is 4.36. The molecule has 0 spiro atoms. The lowest BCUT2D eigenvalue weighted by Gasteiger charge is -2.42. The monoisotopic (exact) mass is 302 g/mol. The lowest BCUT2D eigenvalue weighted by Crippen LogP contribution is -2.53. The van der Waals surface area contributed by atoms with Gasteiger partial charge in [-0.05, 0) is 31.9 Å². The molecular weight excluding hydrogens is 272 g/mol. The third-order valence-corrected chi connectivity index (χ3v) is 4.36. The lowest BCUT2D eigenvalue weighted by molar-refractivity contribution is 0.0384. The molecule has 1 heterocycles. The van der Waals surface area contributed by atoms with Gasteiger partial charge in [0.1, 0.15) is 0 Å². The molecule has 3 heteroatoms. The zero-order chi connectivity index (χ0) is 16.0. The molecule has 0 aromatic heterocycles. The van der Waals surface area contributed by atoms with Crippen LogP contribution in [0.15, 0.2) is 30.8 Å². The van der Waals surface area contributed by atoms with Crippen molar-refractivity contribution in [3.63, 3.8) is 0 Å². The van der Waals surface area contributed by atoms with Crippen molar-refractivity contribution >= 4 is 6.08 Å². The number of nitrogens with zero attached hydrogens (tertiary/aromatic N) is 2. The van der Waals surface area contributed by atoms with E-state index in [1.807, 2.05) is 6.08 Å². The zero-order valence-corrected chi connectivity index (χ0v) is 14.3. The van der Waals surface area contributed by atoms with Gasteiger partial charge in [-0.1, -0.05) is 36.9 Å². The first-order chi connectivity index (χ1) is 10.5. The second-order valence-electron chi connectivity index (χ2n) is 7.00. The van der Waals surface area contributed by atoms with E-state index in [0.29, 0.717) is 12.1 Å². The Morgan fingerprint density at radius 2 is 1.73 bits per heavy atom. The van der Waals surface area contributed by atoms with Crippen LogP contribution in [0.3, 0.4) is 0 Å². The van der Waals surface area contributed by atoms with Crippen LogP contribution in [-0.4, -0.2) is 54.7 Å². The van der Waals surface area contributed by atoms with Crippen molar-refractivity contribution in [2.75, 3.05) is 39.3 Å². The molecule has 122 valence electrons. The van der Waals surface area contributed by atoms with Crippen LogP contribution in [-0.2, 0) is 11.3 Å². The summed E-state index contributed by atoms with van der Waals surface area (Å²) in [5.41, 5.74) is 2.67. The highest BCUT2D eigenvalue weighted by molar-refractivity contribution is 5.47. The fraction of sp³-hybridized carbons (Fsp3) is 0.579. The van der Waals surface area contributed by atoms with Crippen LogP contribution >= 0.6 is 0 Å². The third kappa shape index (κ3) is 5.24. The summed E-state index contributed by atoms with van der Waals surface area (Å²) in [7, 11) is 0. The van der Waals surface area contributed by atoms with E-state index in [-0.39, 0.29) is 0 Å². The summed E-state index contributed by atoms with van der Waals surface area (Å²) < 4.78 is 5.81. The minimum absolute atomic E-state index is 0.292. The minimum atomic E-state index is 0.292. The normalized spacial score (nSPS) is 17.6.